The highest BCUT2D eigenvalue weighted by Gasteiger charge is 2.33. The summed E-state index contributed by atoms with van der Waals surface area (Å²) in [5, 5.41) is 10.1. The Hall–Kier alpha value is -1.89. The highest BCUT2D eigenvalue weighted by atomic mass is 35.5. The van der Waals surface area contributed by atoms with Crippen LogP contribution in [0.3, 0.4) is 0 Å². The van der Waals surface area contributed by atoms with E-state index in [0.717, 1.165) is 26.6 Å². The van der Waals surface area contributed by atoms with Crippen molar-refractivity contribution in [3.63, 3.8) is 0 Å². The number of aryl methyl sites for hydroxylation is 3. The lowest BCUT2D eigenvalue weighted by atomic mass is 9.94. The molecule has 26 heavy (non-hydrogen) atoms. The Bertz CT molecular complexity index is 900. The lowest BCUT2D eigenvalue weighted by Crippen LogP contribution is -2.44. The third-order valence-electron chi connectivity index (χ3n) is 4.45. The summed E-state index contributed by atoms with van der Waals surface area (Å²) in [5.74, 6) is -1.19. The number of hydrogen-bond donors (Lipinski definition) is 1. The van der Waals surface area contributed by atoms with Gasteiger partial charge in [0.05, 0.1) is 4.90 Å². The molecule has 0 unspecified atom stereocenters. The molecule has 2 aromatic carbocycles. The molecular formula is C19H22ClNO4S. The van der Waals surface area contributed by atoms with E-state index in [1.807, 2.05) is 32.9 Å². The van der Waals surface area contributed by atoms with E-state index in [2.05, 4.69) is 0 Å². The first-order valence-electron chi connectivity index (χ1n) is 8.07. The van der Waals surface area contributed by atoms with Crippen LogP contribution in [-0.4, -0.2) is 36.9 Å². The molecule has 5 nitrogen and oxygen atoms in total. The Morgan fingerprint density at radius 3 is 2.08 bits per heavy atom. The van der Waals surface area contributed by atoms with Gasteiger partial charge in [-0.05, 0) is 61.7 Å². The van der Waals surface area contributed by atoms with Crippen molar-refractivity contribution in [3.8, 4) is 0 Å². The van der Waals surface area contributed by atoms with Crippen molar-refractivity contribution in [2.24, 2.45) is 0 Å². The molecule has 0 amide bonds. The molecule has 1 atom stereocenters. The van der Waals surface area contributed by atoms with Gasteiger partial charge >= 0.3 is 5.97 Å². The number of benzene rings is 2. The third-order valence-corrected chi connectivity index (χ3v) is 6.59. The maximum Gasteiger partial charge on any atom is 0.322 e. The highest BCUT2D eigenvalue weighted by Crippen LogP contribution is 2.24. The molecule has 1 N–H and O–H groups in total. The van der Waals surface area contributed by atoms with Gasteiger partial charge in [-0.3, -0.25) is 4.79 Å². The Balaban J connectivity index is 2.41. The molecule has 0 heterocycles. The van der Waals surface area contributed by atoms with Gasteiger partial charge in [-0.25, -0.2) is 8.42 Å². The minimum absolute atomic E-state index is 0.00741. The van der Waals surface area contributed by atoms with E-state index in [0.29, 0.717) is 5.02 Å². The number of carbonyl (C=O) groups is 1. The first-order chi connectivity index (χ1) is 12.0. The van der Waals surface area contributed by atoms with E-state index in [1.54, 1.807) is 0 Å². The van der Waals surface area contributed by atoms with E-state index in [-0.39, 0.29) is 11.3 Å². The molecule has 0 bridgehead atoms. The number of nitrogens with zero attached hydrogens (tertiary/aromatic N) is 1. The fourth-order valence-corrected chi connectivity index (χ4v) is 4.48. The molecule has 7 heteroatoms. The number of carboxylic acids is 1. The second kappa shape index (κ2) is 7.78. The van der Waals surface area contributed by atoms with Crippen molar-refractivity contribution in [2.75, 3.05) is 7.05 Å². The molecule has 2 aromatic rings. The minimum Gasteiger partial charge on any atom is -0.480 e. The van der Waals surface area contributed by atoms with Crippen LogP contribution in [0.1, 0.15) is 22.3 Å². The van der Waals surface area contributed by atoms with Gasteiger partial charge in [-0.15, -0.1) is 0 Å². The van der Waals surface area contributed by atoms with Gasteiger partial charge in [-0.2, -0.15) is 4.31 Å². The number of aliphatic carboxylic acids is 1. The fourth-order valence-electron chi connectivity index (χ4n) is 3.04. The van der Waals surface area contributed by atoms with Crippen molar-refractivity contribution in [1.82, 2.24) is 4.31 Å². The first-order valence-corrected chi connectivity index (χ1v) is 9.89. The minimum atomic E-state index is -3.96. The average Bonchev–Trinajstić information content (AvgIpc) is 2.53. The summed E-state index contributed by atoms with van der Waals surface area (Å²) >= 11 is 5.81. The SMILES string of the molecule is Cc1cc(C)c(C[C@@H](C(=O)O)N(C)S(=O)(=O)c2ccc(Cl)cc2)c(C)c1. The van der Waals surface area contributed by atoms with Gasteiger partial charge in [0.15, 0.2) is 0 Å². The van der Waals surface area contributed by atoms with Crippen LogP contribution in [0.25, 0.3) is 0 Å². The number of rotatable bonds is 6. The Labute approximate surface area is 159 Å². The smallest absolute Gasteiger partial charge is 0.322 e. The average molecular weight is 396 g/mol. The number of likely N-dealkylation sites (N-methyl/N-ethyl adjacent to an activating group) is 1. The molecule has 0 aliphatic carbocycles. The summed E-state index contributed by atoms with van der Waals surface area (Å²) < 4.78 is 26.6. The van der Waals surface area contributed by atoms with Crippen LogP contribution >= 0.6 is 11.6 Å². The maximum atomic E-state index is 12.8. The predicted molar refractivity (Wildman–Crippen MR) is 102 cm³/mol. The van der Waals surface area contributed by atoms with Gasteiger partial charge in [0, 0.05) is 18.5 Å². The molecule has 0 saturated heterocycles. The summed E-state index contributed by atoms with van der Waals surface area (Å²) in [5.41, 5.74) is 3.83. The number of carboxylic acid groups (broad SMARTS) is 1. The maximum absolute atomic E-state index is 12.8. The molecule has 0 spiro atoms. The molecule has 140 valence electrons. The summed E-state index contributed by atoms with van der Waals surface area (Å²) in [6.45, 7) is 5.78. The Kier molecular flexibility index (Phi) is 6.11. The molecule has 2 rings (SSSR count). The zero-order valence-electron chi connectivity index (χ0n) is 15.2. The van der Waals surface area contributed by atoms with E-state index in [4.69, 9.17) is 11.6 Å². The zero-order chi connectivity index (χ0) is 19.6. The van der Waals surface area contributed by atoms with E-state index < -0.39 is 22.0 Å². The summed E-state index contributed by atoms with van der Waals surface area (Å²) in [4.78, 5) is 11.8. The molecular weight excluding hydrogens is 374 g/mol. The quantitative estimate of drug-likeness (QED) is 0.811. The lowest BCUT2D eigenvalue weighted by Gasteiger charge is -2.25. The van der Waals surface area contributed by atoms with Crippen molar-refractivity contribution in [1.29, 1.82) is 0 Å². The van der Waals surface area contributed by atoms with Gasteiger partial charge in [0.2, 0.25) is 10.0 Å². The first kappa shape index (κ1) is 20.4. The standard InChI is InChI=1S/C19H22ClNO4S/c1-12-9-13(2)17(14(3)10-12)11-18(19(22)23)21(4)26(24,25)16-7-5-15(20)6-8-16/h5-10,18H,11H2,1-4H3,(H,22,23)/t18-/m0/s1. The van der Waals surface area contributed by atoms with Gasteiger partial charge in [0.25, 0.3) is 0 Å². The summed E-state index contributed by atoms with van der Waals surface area (Å²) in [7, 11) is -2.67. The molecule has 0 aliphatic rings. The number of halogens is 1. The molecule has 0 fully saturated rings. The third kappa shape index (κ3) is 4.26. The largest absolute Gasteiger partial charge is 0.480 e. The van der Waals surface area contributed by atoms with Gasteiger partial charge in [0.1, 0.15) is 6.04 Å². The predicted octanol–water partition coefficient (Wildman–Crippen LogP) is 3.58. The topological polar surface area (TPSA) is 74.7 Å². The summed E-state index contributed by atoms with van der Waals surface area (Å²) in [6, 6.07) is 8.39. The van der Waals surface area contributed by atoms with Crippen LogP contribution in [0, 0.1) is 20.8 Å². The fraction of sp³-hybridized carbons (Fsp3) is 0.316. The molecule has 0 saturated carbocycles. The van der Waals surface area contributed by atoms with Crippen molar-refractivity contribution in [2.45, 2.75) is 38.1 Å². The highest BCUT2D eigenvalue weighted by molar-refractivity contribution is 7.89. The second-order valence-corrected chi connectivity index (χ2v) is 8.84. The molecule has 0 radical (unpaired) electrons. The van der Waals surface area contributed by atoms with Crippen LogP contribution < -0.4 is 0 Å². The van der Waals surface area contributed by atoms with Crippen molar-refractivity contribution < 1.29 is 18.3 Å². The van der Waals surface area contributed by atoms with E-state index in [1.165, 1.54) is 31.3 Å². The van der Waals surface area contributed by atoms with Crippen molar-refractivity contribution >= 4 is 27.6 Å². The summed E-state index contributed by atoms with van der Waals surface area (Å²) in [6.07, 6.45) is 0.0938. The number of hydrogen-bond acceptors (Lipinski definition) is 3. The van der Waals surface area contributed by atoms with Gasteiger partial charge < -0.3 is 5.11 Å². The normalized spacial score (nSPS) is 13.0. The monoisotopic (exact) mass is 395 g/mol. The van der Waals surface area contributed by atoms with E-state index in [9.17, 15) is 18.3 Å². The van der Waals surface area contributed by atoms with Gasteiger partial charge in [-0.1, -0.05) is 29.3 Å². The van der Waals surface area contributed by atoms with Crippen molar-refractivity contribution in [3.05, 3.63) is 63.7 Å². The molecule has 0 aromatic heterocycles. The zero-order valence-corrected chi connectivity index (χ0v) is 16.7. The van der Waals surface area contributed by atoms with E-state index >= 15 is 0 Å². The lowest BCUT2D eigenvalue weighted by molar-refractivity contribution is -0.141. The molecule has 0 aliphatic heterocycles. The van der Waals surface area contributed by atoms with Crippen LogP contribution in [0.2, 0.25) is 5.02 Å². The van der Waals surface area contributed by atoms with Crippen LogP contribution in [0.4, 0.5) is 0 Å². The Morgan fingerprint density at radius 1 is 1.12 bits per heavy atom. The van der Waals surface area contributed by atoms with Crippen LogP contribution in [0.5, 0.6) is 0 Å². The van der Waals surface area contributed by atoms with Crippen LogP contribution in [-0.2, 0) is 21.2 Å². The van der Waals surface area contributed by atoms with Crippen LogP contribution in [0.15, 0.2) is 41.3 Å². The second-order valence-electron chi connectivity index (χ2n) is 6.41. The Morgan fingerprint density at radius 2 is 1.62 bits per heavy atom. The number of sulfonamides is 1.